The third-order valence-corrected chi connectivity index (χ3v) is 2.60. The lowest BCUT2D eigenvalue weighted by Crippen LogP contribution is -2.38. The fourth-order valence-electron chi connectivity index (χ4n) is 1.85. The molecule has 7 heteroatoms. The zero-order valence-corrected chi connectivity index (χ0v) is 11.9. The van der Waals surface area contributed by atoms with Gasteiger partial charge in [-0.3, -0.25) is 19.8 Å². The smallest absolute Gasteiger partial charge is 0.292 e. The number of rotatable bonds is 6. The standard InChI is InChI=1S/C13H20N4O3/c1-9(2)15-13(18)8-16(3)7-10-4-5-12(17(19)20)11(14)6-10/h4-6,9H,7-8,14H2,1-3H3,(H,15,18). The highest BCUT2D eigenvalue weighted by Gasteiger charge is 2.13. The van der Waals surface area contributed by atoms with Gasteiger partial charge in [-0.2, -0.15) is 0 Å². The number of carbonyl (C=O) groups excluding carboxylic acids is 1. The summed E-state index contributed by atoms with van der Waals surface area (Å²) in [5.41, 5.74) is 6.48. The lowest BCUT2D eigenvalue weighted by molar-refractivity contribution is -0.383. The topological polar surface area (TPSA) is 102 Å². The molecule has 0 saturated carbocycles. The SMILES string of the molecule is CC(C)NC(=O)CN(C)Cc1ccc([N+](=O)[O-])c(N)c1. The molecule has 1 amide bonds. The van der Waals surface area contributed by atoms with Crippen LogP contribution in [0.4, 0.5) is 11.4 Å². The predicted octanol–water partition coefficient (Wildman–Crippen LogP) is 1.13. The molecule has 0 aromatic heterocycles. The number of nitrogens with one attached hydrogen (secondary N) is 1. The number of hydrogen-bond donors (Lipinski definition) is 2. The molecule has 0 spiro atoms. The van der Waals surface area contributed by atoms with E-state index in [1.807, 2.05) is 18.7 Å². The minimum Gasteiger partial charge on any atom is -0.393 e. The van der Waals surface area contributed by atoms with Crippen molar-refractivity contribution < 1.29 is 9.72 Å². The first-order valence-electron chi connectivity index (χ1n) is 6.30. The molecular formula is C13H20N4O3. The normalized spacial score (nSPS) is 10.8. The monoisotopic (exact) mass is 280 g/mol. The van der Waals surface area contributed by atoms with Crippen LogP contribution in [0.25, 0.3) is 0 Å². The van der Waals surface area contributed by atoms with Gasteiger partial charge in [0.15, 0.2) is 0 Å². The lowest BCUT2D eigenvalue weighted by Gasteiger charge is -2.17. The number of nitro benzene ring substituents is 1. The molecule has 20 heavy (non-hydrogen) atoms. The Morgan fingerprint density at radius 2 is 2.15 bits per heavy atom. The van der Waals surface area contributed by atoms with Gasteiger partial charge in [-0.15, -0.1) is 0 Å². The van der Waals surface area contributed by atoms with E-state index >= 15 is 0 Å². The molecule has 1 rings (SSSR count). The summed E-state index contributed by atoms with van der Waals surface area (Å²) < 4.78 is 0. The number of benzene rings is 1. The van der Waals surface area contributed by atoms with Gasteiger partial charge in [0.1, 0.15) is 5.69 Å². The van der Waals surface area contributed by atoms with Crippen molar-refractivity contribution in [3.05, 3.63) is 33.9 Å². The van der Waals surface area contributed by atoms with Crippen molar-refractivity contribution in [2.75, 3.05) is 19.3 Å². The molecule has 0 fully saturated rings. The fraction of sp³-hybridized carbons (Fsp3) is 0.462. The minimum atomic E-state index is -0.515. The third kappa shape index (κ3) is 4.85. The quantitative estimate of drug-likeness (QED) is 0.462. The van der Waals surface area contributed by atoms with Crippen molar-refractivity contribution in [3.63, 3.8) is 0 Å². The van der Waals surface area contributed by atoms with Crippen LogP contribution in [0.5, 0.6) is 0 Å². The van der Waals surface area contributed by atoms with Gasteiger partial charge in [0.2, 0.25) is 5.91 Å². The Bertz CT molecular complexity index is 502. The van der Waals surface area contributed by atoms with Crippen LogP contribution in [0.3, 0.4) is 0 Å². The van der Waals surface area contributed by atoms with E-state index in [1.54, 1.807) is 19.2 Å². The Labute approximate surface area is 117 Å². The van der Waals surface area contributed by atoms with Crippen LogP contribution in [0.2, 0.25) is 0 Å². The molecule has 0 unspecified atom stereocenters. The Morgan fingerprint density at radius 1 is 1.50 bits per heavy atom. The molecule has 0 aliphatic rings. The number of amides is 1. The summed E-state index contributed by atoms with van der Waals surface area (Å²) in [4.78, 5) is 23.6. The second-order valence-electron chi connectivity index (χ2n) is 5.04. The minimum absolute atomic E-state index is 0.0580. The molecule has 0 saturated heterocycles. The van der Waals surface area contributed by atoms with Gasteiger partial charge in [-0.1, -0.05) is 6.07 Å². The summed E-state index contributed by atoms with van der Waals surface area (Å²) in [6, 6.07) is 4.69. The van der Waals surface area contributed by atoms with E-state index in [-0.39, 0.29) is 29.9 Å². The van der Waals surface area contributed by atoms with Gasteiger partial charge in [-0.25, -0.2) is 0 Å². The number of hydrogen-bond acceptors (Lipinski definition) is 5. The largest absolute Gasteiger partial charge is 0.393 e. The molecular weight excluding hydrogens is 260 g/mol. The van der Waals surface area contributed by atoms with Crippen LogP contribution in [0, 0.1) is 10.1 Å². The first-order chi connectivity index (χ1) is 9.29. The highest BCUT2D eigenvalue weighted by molar-refractivity contribution is 5.78. The molecule has 110 valence electrons. The van der Waals surface area contributed by atoms with E-state index in [4.69, 9.17) is 5.73 Å². The number of anilines is 1. The number of nitrogens with zero attached hydrogens (tertiary/aromatic N) is 2. The fourth-order valence-corrected chi connectivity index (χ4v) is 1.85. The molecule has 0 aliphatic heterocycles. The van der Waals surface area contributed by atoms with Crippen molar-refractivity contribution in [2.45, 2.75) is 26.4 Å². The zero-order chi connectivity index (χ0) is 15.3. The molecule has 0 aliphatic carbocycles. The van der Waals surface area contributed by atoms with Crippen LogP contribution < -0.4 is 11.1 Å². The molecule has 1 aromatic rings. The Hall–Kier alpha value is -2.15. The van der Waals surface area contributed by atoms with E-state index in [2.05, 4.69) is 5.32 Å². The van der Waals surface area contributed by atoms with Gasteiger partial charge in [0.25, 0.3) is 5.69 Å². The number of nitro groups is 1. The zero-order valence-electron chi connectivity index (χ0n) is 11.9. The van der Waals surface area contributed by atoms with Crippen LogP contribution in [0.15, 0.2) is 18.2 Å². The van der Waals surface area contributed by atoms with Crippen LogP contribution >= 0.6 is 0 Å². The first kappa shape index (κ1) is 15.9. The highest BCUT2D eigenvalue weighted by Crippen LogP contribution is 2.22. The average Bonchev–Trinajstić information content (AvgIpc) is 2.26. The molecule has 0 atom stereocenters. The second-order valence-corrected chi connectivity index (χ2v) is 5.04. The molecule has 0 bridgehead atoms. The summed E-state index contributed by atoms with van der Waals surface area (Å²) in [6.45, 7) is 4.55. The van der Waals surface area contributed by atoms with Gasteiger partial charge < -0.3 is 11.1 Å². The summed E-state index contributed by atoms with van der Waals surface area (Å²) in [7, 11) is 1.80. The van der Waals surface area contributed by atoms with Crippen molar-refractivity contribution in [1.29, 1.82) is 0 Å². The molecule has 7 nitrogen and oxygen atoms in total. The van der Waals surface area contributed by atoms with Crippen molar-refractivity contribution in [1.82, 2.24) is 10.2 Å². The summed E-state index contributed by atoms with van der Waals surface area (Å²) in [5, 5.41) is 13.5. The number of carbonyl (C=O) groups is 1. The predicted molar refractivity (Wildman–Crippen MR) is 77.1 cm³/mol. The van der Waals surface area contributed by atoms with Gasteiger partial charge in [-0.05, 0) is 32.5 Å². The maximum absolute atomic E-state index is 11.6. The Balaban J connectivity index is 2.62. The third-order valence-electron chi connectivity index (χ3n) is 2.60. The maximum Gasteiger partial charge on any atom is 0.292 e. The number of nitrogens with two attached hydrogens (primary N) is 1. The van der Waals surface area contributed by atoms with Crippen molar-refractivity contribution in [3.8, 4) is 0 Å². The average molecular weight is 280 g/mol. The molecule has 0 radical (unpaired) electrons. The molecule has 1 aromatic carbocycles. The van der Waals surface area contributed by atoms with E-state index < -0.39 is 4.92 Å². The summed E-state index contributed by atoms with van der Waals surface area (Å²) in [5.74, 6) is -0.0580. The van der Waals surface area contributed by atoms with Crippen LogP contribution in [0.1, 0.15) is 19.4 Å². The van der Waals surface area contributed by atoms with Gasteiger partial charge >= 0.3 is 0 Å². The van der Waals surface area contributed by atoms with Crippen LogP contribution in [-0.2, 0) is 11.3 Å². The van der Waals surface area contributed by atoms with E-state index in [1.165, 1.54) is 6.07 Å². The first-order valence-corrected chi connectivity index (χ1v) is 6.30. The molecule has 0 heterocycles. The van der Waals surface area contributed by atoms with Crippen molar-refractivity contribution >= 4 is 17.3 Å². The molecule has 3 N–H and O–H groups in total. The summed E-state index contributed by atoms with van der Waals surface area (Å²) >= 11 is 0. The lowest BCUT2D eigenvalue weighted by atomic mass is 10.1. The highest BCUT2D eigenvalue weighted by atomic mass is 16.6. The van der Waals surface area contributed by atoms with E-state index in [9.17, 15) is 14.9 Å². The van der Waals surface area contributed by atoms with E-state index in [0.29, 0.717) is 6.54 Å². The van der Waals surface area contributed by atoms with E-state index in [0.717, 1.165) is 5.56 Å². The van der Waals surface area contributed by atoms with Crippen molar-refractivity contribution in [2.24, 2.45) is 0 Å². The van der Waals surface area contributed by atoms with Crippen LogP contribution in [-0.4, -0.2) is 35.4 Å². The van der Waals surface area contributed by atoms with Gasteiger partial charge in [0, 0.05) is 18.7 Å². The maximum atomic E-state index is 11.6. The number of likely N-dealkylation sites (N-methyl/N-ethyl adjacent to an activating group) is 1. The summed E-state index contributed by atoms with van der Waals surface area (Å²) in [6.07, 6.45) is 0. The second kappa shape index (κ2) is 6.85. The van der Waals surface area contributed by atoms with Gasteiger partial charge in [0.05, 0.1) is 11.5 Å². The number of nitrogen functional groups attached to an aromatic ring is 1. The Kier molecular flexibility index (Phi) is 5.45. The Morgan fingerprint density at radius 3 is 2.65 bits per heavy atom.